The van der Waals surface area contributed by atoms with Gasteiger partial charge in [-0.05, 0) is 18.2 Å². The van der Waals surface area contributed by atoms with Crippen LogP contribution < -0.4 is 0 Å². The summed E-state index contributed by atoms with van der Waals surface area (Å²) in [5.41, 5.74) is 0.946. The molecule has 23 heavy (non-hydrogen) atoms. The zero-order valence-corrected chi connectivity index (χ0v) is 13.6. The fourth-order valence-corrected chi connectivity index (χ4v) is 3.78. The molecule has 118 valence electrons. The summed E-state index contributed by atoms with van der Waals surface area (Å²) in [7, 11) is 2.09. The third-order valence-corrected chi connectivity index (χ3v) is 5.18. The van der Waals surface area contributed by atoms with Crippen LogP contribution in [-0.2, 0) is 0 Å². The maximum atomic E-state index is 10.9. The van der Waals surface area contributed by atoms with Gasteiger partial charge in [-0.3, -0.25) is 4.90 Å². The molecule has 0 saturated carbocycles. The summed E-state index contributed by atoms with van der Waals surface area (Å²) in [4.78, 5) is 2.29. The Morgan fingerprint density at radius 3 is 2.09 bits per heavy atom. The summed E-state index contributed by atoms with van der Waals surface area (Å²) in [5, 5.41) is 20.6. The Bertz CT molecular complexity index is 695. The van der Waals surface area contributed by atoms with E-state index in [0.717, 1.165) is 11.1 Å². The van der Waals surface area contributed by atoms with Gasteiger partial charge in [0.2, 0.25) is 0 Å². The number of nitriles is 1. The van der Waals surface area contributed by atoms with Crippen molar-refractivity contribution in [2.24, 2.45) is 5.92 Å². The van der Waals surface area contributed by atoms with Gasteiger partial charge in [-0.25, -0.2) is 0 Å². The standard InChI is InChI=1S/C20H22N2O/c1-15-19(17-11-7-4-8-12-17)22(2)18(13-20(15,23)14-21)16-9-5-3-6-10-16/h3-12,15,18-19,23H,13H2,1-2H3. The minimum atomic E-state index is -1.33. The molecular weight excluding hydrogens is 284 g/mol. The monoisotopic (exact) mass is 306 g/mol. The van der Waals surface area contributed by atoms with Crippen molar-refractivity contribution in [3.63, 3.8) is 0 Å². The van der Waals surface area contributed by atoms with E-state index in [1.54, 1.807) is 0 Å². The van der Waals surface area contributed by atoms with Crippen molar-refractivity contribution in [2.75, 3.05) is 7.05 Å². The fraction of sp³-hybridized carbons (Fsp3) is 0.350. The lowest BCUT2D eigenvalue weighted by Crippen LogP contribution is -2.51. The van der Waals surface area contributed by atoms with Crippen molar-refractivity contribution in [1.29, 1.82) is 5.26 Å². The smallest absolute Gasteiger partial charge is 0.157 e. The Morgan fingerprint density at radius 2 is 1.57 bits per heavy atom. The van der Waals surface area contributed by atoms with E-state index < -0.39 is 5.60 Å². The molecule has 2 aromatic rings. The van der Waals surface area contributed by atoms with E-state index in [4.69, 9.17) is 0 Å². The van der Waals surface area contributed by atoms with Crippen LogP contribution in [0.1, 0.15) is 36.6 Å². The second kappa shape index (κ2) is 6.16. The van der Waals surface area contributed by atoms with Gasteiger partial charge in [0.15, 0.2) is 5.60 Å². The number of likely N-dealkylation sites (tertiary alicyclic amines) is 1. The minimum Gasteiger partial charge on any atom is -0.375 e. The molecule has 0 spiro atoms. The first-order valence-corrected chi connectivity index (χ1v) is 8.02. The largest absolute Gasteiger partial charge is 0.375 e. The molecule has 4 atom stereocenters. The topological polar surface area (TPSA) is 47.3 Å². The number of rotatable bonds is 2. The molecule has 3 nitrogen and oxygen atoms in total. The SMILES string of the molecule is CC1C(c2ccccc2)N(C)C(c2ccccc2)CC1(O)C#N. The van der Waals surface area contributed by atoms with Crippen LogP contribution in [0.5, 0.6) is 0 Å². The maximum Gasteiger partial charge on any atom is 0.157 e. The van der Waals surface area contributed by atoms with E-state index in [0.29, 0.717) is 6.42 Å². The van der Waals surface area contributed by atoms with E-state index in [2.05, 4.69) is 42.3 Å². The van der Waals surface area contributed by atoms with E-state index in [1.807, 2.05) is 43.3 Å². The Balaban J connectivity index is 2.06. The number of hydrogen-bond donors (Lipinski definition) is 1. The summed E-state index contributed by atoms with van der Waals surface area (Å²) >= 11 is 0. The third kappa shape index (κ3) is 2.76. The fourth-order valence-electron chi connectivity index (χ4n) is 3.78. The van der Waals surface area contributed by atoms with E-state index >= 15 is 0 Å². The summed E-state index contributed by atoms with van der Waals surface area (Å²) in [6.07, 6.45) is 0.425. The number of aliphatic hydroxyl groups is 1. The van der Waals surface area contributed by atoms with Crippen LogP contribution >= 0.6 is 0 Å². The second-order valence-corrected chi connectivity index (χ2v) is 6.48. The lowest BCUT2D eigenvalue weighted by molar-refractivity contribution is -0.0779. The number of hydrogen-bond acceptors (Lipinski definition) is 3. The molecule has 0 bridgehead atoms. The molecule has 0 aliphatic carbocycles. The Hall–Kier alpha value is -2.15. The maximum absolute atomic E-state index is 10.9. The average molecular weight is 306 g/mol. The van der Waals surface area contributed by atoms with Crippen molar-refractivity contribution in [2.45, 2.75) is 31.0 Å². The van der Waals surface area contributed by atoms with Gasteiger partial charge in [-0.1, -0.05) is 67.6 Å². The van der Waals surface area contributed by atoms with Crippen LogP contribution in [-0.4, -0.2) is 22.7 Å². The summed E-state index contributed by atoms with van der Waals surface area (Å²) in [6, 6.07) is 22.5. The summed E-state index contributed by atoms with van der Waals surface area (Å²) < 4.78 is 0. The molecule has 1 aliphatic rings. The molecular formula is C20H22N2O. The average Bonchev–Trinajstić information content (AvgIpc) is 2.60. The van der Waals surface area contributed by atoms with Crippen molar-refractivity contribution in [3.05, 3.63) is 71.8 Å². The Morgan fingerprint density at radius 1 is 1.04 bits per heavy atom. The predicted molar refractivity (Wildman–Crippen MR) is 90.5 cm³/mol. The quantitative estimate of drug-likeness (QED) is 0.861. The van der Waals surface area contributed by atoms with E-state index in [9.17, 15) is 10.4 Å². The first-order valence-electron chi connectivity index (χ1n) is 8.02. The molecule has 4 unspecified atom stereocenters. The normalized spacial score (nSPS) is 31.5. The molecule has 1 saturated heterocycles. The highest BCUT2D eigenvalue weighted by Gasteiger charge is 2.49. The van der Waals surface area contributed by atoms with Crippen molar-refractivity contribution >= 4 is 0 Å². The van der Waals surface area contributed by atoms with E-state index in [-0.39, 0.29) is 18.0 Å². The Labute approximate surface area is 137 Å². The van der Waals surface area contributed by atoms with Gasteiger partial charge < -0.3 is 5.11 Å². The van der Waals surface area contributed by atoms with Gasteiger partial charge in [0.1, 0.15) is 0 Å². The first-order chi connectivity index (χ1) is 11.1. The van der Waals surface area contributed by atoms with Gasteiger partial charge in [0.05, 0.1) is 6.07 Å². The van der Waals surface area contributed by atoms with Gasteiger partial charge in [-0.15, -0.1) is 0 Å². The molecule has 1 fully saturated rings. The highest BCUT2D eigenvalue weighted by Crippen LogP contribution is 2.48. The minimum absolute atomic E-state index is 0.000180. The second-order valence-electron chi connectivity index (χ2n) is 6.48. The zero-order valence-electron chi connectivity index (χ0n) is 13.6. The molecule has 1 N–H and O–H groups in total. The van der Waals surface area contributed by atoms with E-state index in [1.165, 1.54) is 0 Å². The molecule has 0 aromatic heterocycles. The number of piperidine rings is 1. The number of benzene rings is 2. The van der Waals surface area contributed by atoms with Crippen LogP contribution in [0.2, 0.25) is 0 Å². The first kappa shape index (κ1) is 15.7. The van der Waals surface area contributed by atoms with Crippen LogP contribution in [0.25, 0.3) is 0 Å². The third-order valence-electron chi connectivity index (χ3n) is 5.18. The molecule has 2 aromatic carbocycles. The Kier molecular flexibility index (Phi) is 4.21. The van der Waals surface area contributed by atoms with Crippen LogP contribution in [0.4, 0.5) is 0 Å². The molecule has 3 heteroatoms. The molecule has 0 radical (unpaired) electrons. The van der Waals surface area contributed by atoms with Gasteiger partial charge in [0.25, 0.3) is 0 Å². The van der Waals surface area contributed by atoms with Gasteiger partial charge in [0, 0.05) is 24.4 Å². The van der Waals surface area contributed by atoms with Gasteiger partial charge in [-0.2, -0.15) is 5.26 Å². The van der Waals surface area contributed by atoms with Crippen LogP contribution in [0.15, 0.2) is 60.7 Å². The van der Waals surface area contributed by atoms with Crippen LogP contribution in [0, 0.1) is 17.2 Å². The van der Waals surface area contributed by atoms with Crippen LogP contribution in [0.3, 0.4) is 0 Å². The molecule has 3 rings (SSSR count). The summed E-state index contributed by atoms with van der Waals surface area (Å²) in [5.74, 6) is -0.167. The van der Waals surface area contributed by atoms with Crippen molar-refractivity contribution < 1.29 is 5.11 Å². The van der Waals surface area contributed by atoms with Gasteiger partial charge >= 0.3 is 0 Å². The highest BCUT2D eigenvalue weighted by atomic mass is 16.3. The highest BCUT2D eigenvalue weighted by molar-refractivity contribution is 5.29. The molecule has 1 heterocycles. The predicted octanol–water partition coefficient (Wildman–Crippen LogP) is 3.70. The zero-order chi connectivity index (χ0) is 16.4. The summed E-state index contributed by atoms with van der Waals surface area (Å²) in [6.45, 7) is 1.97. The molecule has 1 aliphatic heterocycles. The molecule has 0 amide bonds. The number of nitrogens with zero attached hydrogens (tertiary/aromatic N) is 2. The lowest BCUT2D eigenvalue weighted by Gasteiger charge is -2.49. The van der Waals surface area contributed by atoms with Crippen molar-refractivity contribution in [3.8, 4) is 6.07 Å². The lowest BCUT2D eigenvalue weighted by atomic mass is 9.71. The van der Waals surface area contributed by atoms with Crippen molar-refractivity contribution in [1.82, 2.24) is 4.90 Å².